The first-order valence-corrected chi connectivity index (χ1v) is 19.1. The Bertz CT molecular complexity index is 3170. The number of nitrogens with zero attached hydrogens (tertiary/aromatic N) is 2. The minimum Gasteiger partial charge on any atom is -0.228 e. The van der Waals surface area contributed by atoms with Crippen LogP contribution in [0.3, 0.4) is 0 Å². The largest absolute Gasteiger partial charge is 0.228 e. The molecule has 1 aliphatic rings. The molecule has 0 amide bonds. The van der Waals surface area contributed by atoms with Crippen molar-refractivity contribution in [1.82, 2.24) is 9.97 Å². The number of hydrogen-bond donors (Lipinski definition) is 0. The third kappa shape index (κ3) is 4.88. The third-order valence-corrected chi connectivity index (χ3v) is 11.9. The van der Waals surface area contributed by atoms with Gasteiger partial charge in [0.2, 0.25) is 0 Å². The van der Waals surface area contributed by atoms with Gasteiger partial charge in [-0.05, 0) is 101 Å². The van der Waals surface area contributed by atoms with Crippen LogP contribution in [0, 0.1) is 0 Å². The van der Waals surface area contributed by atoms with Gasteiger partial charge in [0, 0.05) is 22.1 Å². The summed E-state index contributed by atoms with van der Waals surface area (Å²) in [5.74, 6) is 0.718. The lowest BCUT2D eigenvalue weighted by Crippen LogP contribution is -2.14. The van der Waals surface area contributed by atoms with Crippen molar-refractivity contribution in [2.75, 3.05) is 0 Å². The Morgan fingerprint density at radius 1 is 0.345 bits per heavy atom. The molecular weight excluding hydrogens is 665 g/mol. The molecule has 0 saturated heterocycles. The summed E-state index contributed by atoms with van der Waals surface area (Å²) in [6.45, 7) is 4.70. The first-order valence-electron chi connectivity index (χ1n) is 19.1. The number of rotatable bonds is 4. The lowest BCUT2D eigenvalue weighted by atomic mass is 9.81. The van der Waals surface area contributed by atoms with Crippen molar-refractivity contribution in [2.24, 2.45) is 0 Å². The van der Waals surface area contributed by atoms with Gasteiger partial charge in [0.25, 0.3) is 0 Å². The Hall–Kier alpha value is -6.90. The van der Waals surface area contributed by atoms with E-state index in [4.69, 9.17) is 9.97 Å². The van der Waals surface area contributed by atoms with Crippen LogP contribution < -0.4 is 0 Å². The van der Waals surface area contributed by atoms with Gasteiger partial charge in [-0.3, -0.25) is 0 Å². The van der Waals surface area contributed by atoms with Crippen molar-refractivity contribution in [3.8, 4) is 56.2 Å². The Morgan fingerprint density at radius 3 is 1.64 bits per heavy atom. The molecule has 1 aromatic heterocycles. The average molecular weight is 701 g/mol. The topological polar surface area (TPSA) is 25.8 Å². The summed E-state index contributed by atoms with van der Waals surface area (Å²) in [4.78, 5) is 10.7. The van der Waals surface area contributed by atoms with Crippen LogP contribution >= 0.6 is 0 Å². The molecule has 0 fully saturated rings. The second-order valence-corrected chi connectivity index (χ2v) is 15.3. The highest BCUT2D eigenvalue weighted by Crippen LogP contribution is 2.53. The van der Waals surface area contributed by atoms with Gasteiger partial charge in [0.05, 0.1) is 11.4 Å². The number of fused-ring (bicyclic) bond motifs is 8. The van der Waals surface area contributed by atoms with Crippen LogP contribution in [-0.2, 0) is 5.41 Å². The lowest BCUT2D eigenvalue weighted by molar-refractivity contribution is 0.661. The zero-order valence-corrected chi connectivity index (χ0v) is 30.7. The Kier molecular flexibility index (Phi) is 6.93. The molecule has 11 rings (SSSR count). The van der Waals surface area contributed by atoms with E-state index in [1.165, 1.54) is 71.1 Å². The average Bonchev–Trinajstić information content (AvgIpc) is 3.47. The van der Waals surface area contributed by atoms with Gasteiger partial charge in [-0.1, -0.05) is 172 Å². The Labute approximate surface area is 320 Å². The van der Waals surface area contributed by atoms with Crippen molar-refractivity contribution in [3.05, 3.63) is 193 Å². The van der Waals surface area contributed by atoms with E-state index in [2.05, 4.69) is 190 Å². The quantitative estimate of drug-likeness (QED) is 0.171. The maximum atomic E-state index is 5.36. The zero-order chi connectivity index (χ0) is 36.7. The molecule has 258 valence electrons. The number of aromatic nitrogens is 2. The fourth-order valence-electron chi connectivity index (χ4n) is 9.16. The van der Waals surface area contributed by atoms with Crippen molar-refractivity contribution in [2.45, 2.75) is 19.3 Å². The highest BCUT2D eigenvalue weighted by Gasteiger charge is 2.37. The summed E-state index contributed by atoms with van der Waals surface area (Å²) in [6.07, 6.45) is 0. The molecular formula is C53H36N2. The molecule has 2 nitrogen and oxygen atoms in total. The molecule has 1 heterocycles. The summed E-state index contributed by atoms with van der Waals surface area (Å²) >= 11 is 0. The Balaban J connectivity index is 1.15. The van der Waals surface area contributed by atoms with E-state index >= 15 is 0 Å². The van der Waals surface area contributed by atoms with Crippen molar-refractivity contribution in [1.29, 1.82) is 0 Å². The van der Waals surface area contributed by atoms with Gasteiger partial charge in [-0.2, -0.15) is 0 Å². The smallest absolute Gasteiger partial charge is 0.160 e. The van der Waals surface area contributed by atoms with E-state index in [1.807, 2.05) is 6.07 Å². The van der Waals surface area contributed by atoms with Crippen LogP contribution in [0.4, 0.5) is 0 Å². The minimum absolute atomic E-state index is 0.151. The summed E-state index contributed by atoms with van der Waals surface area (Å²) in [5.41, 5.74) is 12.6. The van der Waals surface area contributed by atoms with E-state index in [0.29, 0.717) is 0 Å². The first kappa shape index (κ1) is 31.6. The van der Waals surface area contributed by atoms with Gasteiger partial charge in [-0.15, -0.1) is 0 Å². The van der Waals surface area contributed by atoms with Gasteiger partial charge in [-0.25, -0.2) is 9.97 Å². The first-order chi connectivity index (χ1) is 27.0. The molecule has 0 aliphatic heterocycles. The van der Waals surface area contributed by atoms with Crippen LogP contribution in [0.2, 0.25) is 0 Å². The van der Waals surface area contributed by atoms with E-state index in [1.54, 1.807) is 0 Å². The molecule has 9 aromatic carbocycles. The maximum Gasteiger partial charge on any atom is 0.160 e. The standard InChI is InChI=1S/C53H36N2/c1-53(2)47-26-14-25-44(51(47)46-29-34-17-6-7-18-35(34)31-48(46)53)50-32-49(54-52(55-50)33-15-4-3-5-16-33)43-28-27-42(39-22-11-12-23-40(39)43)45-30-36-19-8-9-20-37(36)38-21-10-13-24-41(38)45/h3-32H,1-2H3. The molecule has 0 radical (unpaired) electrons. The van der Waals surface area contributed by atoms with Crippen LogP contribution in [0.25, 0.3) is 99.2 Å². The van der Waals surface area contributed by atoms with Crippen molar-refractivity contribution < 1.29 is 0 Å². The zero-order valence-electron chi connectivity index (χ0n) is 30.7. The molecule has 55 heavy (non-hydrogen) atoms. The fourth-order valence-corrected chi connectivity index (χ4v) is 9.16. The van der Waals surface area contributed by atoms with E-state index in [0.717, 1.165) is 39.3 Å². The summed E-state index contributed by atoms with van der Waals surface area (Å²) in [5, 5.41) is 9.92. The van der Waals surface area contributed by atoms with Crippen LogP contribution in [0.1, 0.15) is 25.0 Å². The van der Waals surface area contributed by atoms with Gasteiger partial charge >= 0.3 is 0 Å². The lowest BCUT2D eigenvalue weighted by Gasteiger charge is -2.22. The van der Waals surface area contributed by atoms with Crippen molar-refractivity contribution >= 4 is 43.1 Å². The SMILES string of the molecule is CC1(C)c2cc3ccccc3cc2-c2c(-c3cc(-c4ccc(-c5cc6ccccc6c6ccccc56)c5ccccc45)nc(-c4ccccc4)n3)cccc21. The number of hydrogen-bond acceptors (Lipinski definition) is 2. The van der Waals surface area contributed by atoms with Crippen LogP contribution in [0.15, 0.2) is 182 Å². The molecule has 0 saturated carbocycles. The van der Waals surface area contributed by atoms with Crippen LogP contribution in [0.5, 0.6) is 0 Å². The number of benzene rings is 9. The fraction of sp³-hybridized carbons (Fsp3) is 0.0566. The molecule has 1 aliphatic carbocycles. The third-order valence-electron chi connectivity index (χ3n) is 11.9. The molecule has 0 bridgehead atoms. The molecule has 2 heteroatoms. The van der Waals surface area contributed by atoms with Gasteiger partial charge < -0.3 is 0 Å². The summed E-state index contributed by atoms with van der Waals surface area (Å²) < 4.78 is 0. The van der Waals surface area contributed by atoms with Crippen LogP contribution in [-0.4, -0.2) is 9.97 Å². The minimum atomic E-state index is -0.151. The van der Waals surface area contributed by atoms with Crippen molar-refractivity contribution in [3.63, 3.8) is 0 Å². The van der Waals surface area contributed by atoms with E-state index < -0.39 is 0 Å². The highest BCUT2D eigenvalue weighted by atomic mass is 14.9. The van der Waals surface area contributed by atoms with E-state index in [9.17, 15) is 0 Å². The molecule has 0 N–H and O–H groups in total. The summed E-state index contributed by atoms with van der Waals surface area (Å²) in [6, 6.07) is 66.0. The Morgan fingerprint density at radius 2 is 0.891 bits per heavy atom. The molecule has 0 atom stereocenters. The van der Waals surface area contributed by atoms with Gasteiger partial charge in [0.15, 0.2) is 5.82 Å². The normalized spacial score (nSPS) is 13.1. The highest BCUT2D eigenvalue weighted by molar-refractivity contribution is 6.17. The molecule has 10 aromatic rings. The monoisotopic (exact) mass is 700 g/mol. The predicted molar refractivity (Wildman–Crippen MR) is 231 cm³/mol. The van der Waals surface area contributed by atoms with Gasteiger partial charge in [0.1, 0.15) is 0 Å². The second kappa shape index (κ2) is 12.1. The maximum absolute atomic E-state index is 5.36. The summed E-state index contributed by atoms with van der Waals surface area (Å²) in [7, 11) is 0. The molecule has 0 unspecified atom stereocenters. The second-order valence-electron chi connectivity index (χ2n) is 15.3. The molecule has 0 spiro atoms. The van der Waals surface area contributed by atoms with E-state index in [-0.39, 0.29) is 5.41 Å². The predicted octanol–water partition coefficient (Wildman–Crippen LogP) is 14.1.